The van der Waals surface area contributed by atoms with E-state index in [1.165, 1.54) is 0 Å². The number of hydrogen-bond acceptors (Lipinski definition) is 2. The zero-order chi connectivity index (χ0) is 15.4. The molecule has 4 nitrogen and oxygen atoms in total. The fourth-order valence-electron chi connectivity index (χ4n) is 2.64. The van der Waals surface area contributed by atoms with E-state index in [-0.39, 0.29) is 17.9 Å². The van der Waals surface area contributed by atoms with Gasteiger partial charge in [0, 0.05) is 23.5 Å². The molecule has 1 fully saturated rings. The quantitative estimate of drug-likeness (QED) is 0.905. The van der Waals surface area contributed by atoms with Gasteiger partial charge in [-0.25, -0.2) is 0 Å². The molecule has 2 atom stereocenters. The Labute approximate surface area is 134 Å². The molecule has 1 aliphatic rings. The summed E-state index contributed by atoms with van der Waals surface area (Å²) in [6.45, 7) is 4.48. The Balaban J connectivity index is 2.24. The third-order valence-corrected chi connectivity index (χ3v) is 4.58. The van der Waals surface area contributed by atoms with E-state index in [4.69, 9.17) is 0 Å². The number of amides is 2. The van der Waals surface area contributed by atoms with Gasteiger partial charge in [0.05, 0.1) is 0 Å². The van der Waals surface area contributed by atoms with Crippen molar-refractivity contribution in [2.75, 3.05) is 0 Å². The summed E-state index contributed by atoms with van der Waals surface area (Å²) >= 11 is 3.52. The van der Waals surface area contributed by atoms with Crippen LogP contribution in [-0.4, -0.2) is 28.8 Å². The minimum absolute atomic E-state index is 0.0194. The second-order valence-electron chi connectivity index (χ2n) is 5.52. The van der Waals surface area contributed by atoms with E-state index < -0.39 is 6.04 Å². The first-order valence-electron chi connectivity index (χ1n) is 7.36. The van der Waals surface area contributed by atoms with Crippen molar-refractivity contribution in [1.29, 1.82) is 0 Å². The Kier molecular flexibility index (Phi) is 5.39. The van der Waals surface area contributed by atoms with E-state index in [0.29, 0.717) is 19.4 Å². The second kappa shape index (κ2) is 7.07. The highest BCUT2D eigenvalue weighted by Gasteiger charge is 2.33. The number of rotatable bonds is 4. The molecular weight excluding hydrogens is 332 g/mol. The van der Waals surface area contributed by atoms with Crippen LogP contribution in [0.3, 0.4) is 0 Å². The summed E-state index contributed by atoms with van der Waals surface area (Å²) in [6, 6.07) is 7.39. The molecule has 0 bridgehead atoms. The normalized spacial score (nSPS) is 22.9. The van der Waals surface area contributed by atoms with Gasteiger partial charge < -0.3 is 10.2 Å². The van der Waals surface area contributed by atoms with Gasteiger partial charge in [-0.1, -0.05) is 47.5 Å². The van der Waals surface area contributed by atoms with Crippen molar-refractivity contribution in [2.45, 2.75) is 51.7 Å². The second-order valence-corrected chi connectivity index (χ2v) is 6.37. The molecule has 0 aliphatic carbocycles. The third-order valence-electron chi connectivity index (χ3n) is 3.81. The average molecular weight is 353 g/mol. The lowest BCUT2D eigenvalue weighted by Gasteiger charge is -2.29. The van der Waals surface area contributed by atoms with Gasteiger partial charge in [-0.15, -0.1) is 0 Å². The number of carbonyl (C=O) groups excluding carboxylic acids is 2. The molecule has 1 aromatic rings. The standard InChI is InChI=1S/C16H21BrN2O2/c1-3-6-14-16(21)19(11(2)9-15(20)18-14)10-12-7-4-5-8-13(12)17/h4-5,7-8,11,14H,3,6,9-10H2,1-2H3,(H,18,20). The van der Waals surface area contributed by atoms with E-state index in [1.807, 2.05) is 43.0 Å². The van der Waals surface area contributed by atoms with Crippen LogP contribution in [0.15, 0.2) is 28.7 Å². The molecular formula is C16H21BrN2O2. The van der Waals surface area contributed by atoms with Crippen molar-refractivity contribution >= 4 is 27.7 Å². The maximum atomic E-state index is 12.7. The van der Waals surface area contributed by atoms with Crippen LogP contribution in [0, 0.1) is 0 Å². The first kappa shape index (κ1) is 16.0. The minimum atomic E-state index is -0.394. The first-order chi connectivity index (χ1) is 10.0. The maximum absolute atomic E-state index is 12.7. The number of halogens is 1. The van der Waals surface area contributed by atoms with Crippen LogP contribution < -0.4 is 5.32 Å². The van der Waals surface area contributed by atoms with Crippen molar-refractivity contribution in [1.82, 2.24) is 10.2 Å². The molecule has 2 rings (SSSR count). The van der Waals surface area contributed by atoms with Gasteiger partial charge in [0.2, 0.25) is 11.8 Å². The Morgan fingerprint density at radius 3 is 2.71 bits per heavy atom. The van der Waals surface area contributed by atoms with Crippen molar-refractivity contribution in [3.8, 4) is 0 Å². The van der Waals surface area contributed by atoms with Gasteiger partial charge >= 0.3 is 0 Å². The molecule has 1 aliphatic heterocycles. The fourth-order valence-corrected chi connectivity index (χ4v) is 3.05. The molecule has 114 valence electrons. The van der Waals surface area contributed by atoms with E-state index in [0.717, 1.165) is 16.5 Å². The zero-order valence-corrected chi connectivity index (χ0v) is 14.0. The summed E-state index contributed by atoms with van der Waals surface area (Å²) in [5.41, 5.74) is 1.06. The molecule has 2 amide bonds. The third kappa shape index (κ3) is 3.84. The summed E-state index contributed by atoms with van der Waals surface area (Å²) in [7, 11) is 0. The molecule has 2 unspecified atom stereocenters. The van der Waals surface area contributed by atoms with Crippen molar-refractivity contribution in [3.05, 3.63) is 34.3 Å². The highest BCUT2D eigenvalue weighted by Crippen LogP contribution is 2.22. The summed E-state index contributed by atoms with van der Waals surface area (Å²) < 4.78 is 0.987. The molecule has 1 heterocycles. The van der Waals surface area contributed by atoms with Crippen LogP contribution in [0.5, 0.6) is 0 Å². The number of benzene rings is 1. The molecule has 0 saturated carbocycles. The summed E-state index contributed by atoms with van der Waals surface area (Å²) in [6.07, 6.45) is 1.91. The summed E-state index contributed by atoms with van der Waals surface area (Å²) in [5, 5.41) is 2.85. The van der Waals surface area contributed by atoms with Crippen LogP contribution in [0.4, 0.5) is 0 Å². The first-order valence-corrected chi connectivity index (χ1v) is 8.15. The largest absolute Gasteiger partial charge is 0.344 e. The van der Waals surface area contributed by atoms with Crippen molar-refractivity contribution in [3.63, 3.8) is 0 Å². The van der Waals surface area contributed by atoms with Crippen molar-refractivity contribution < 1.29 is 9.59 Å². The lowest BCUT2D eigenvalue weighted by Crippen LogP contribution is -2.45. The van der Waals surface area contributed by atoms with Gasteiger partial charge in [0.15, 0.2) is 0 Å². The monoisotopic (exact) mass is 352 g/mol. The van der Waals surface area contributed by atoms with Crippen LogP contribution in [0.25, 0.3) is 0 Å². The van der Waals surface area contributed by atoms with Gasteiger partial charge in [0.25, 0.3) is 0 Å². The molecule has 21 heavy (non-hydrogen) atoms. The lowest BCUT2D eigenvalue weighted by molar-refractivity contribution is -0.135. The van der Waals surface area contributed by atoms with Crippen LogP contribution in [-0.2, 0) is 16.1 Å². The molecule has 1 saturated heterocycles. The highest BCUT2D eigenvalue weighted by molar-refractivity contribution is 9.10. The summed E-state index contributed by atoms with van der Waals surface area (Å²) in [5.74, 6) is -0.0186. The molecule has 0 radical (unpaired) electrons. The number of nitrogens with zero attached hydrogens (tertiary/aromatic N) is 1. The smallest absolute Gasteiger partial charge is 0.245 e. The Bertz CT molecular complexity index is 533. The number of hydrogen-bond donors (Lipinski definition) is 1. The molecule has 0 aromatic heterocycles. The van der Waals surface area contributed by atoms with Crippen LogP contribution in [0.1, 0.15) is 38.7 Å². The minimum Gasteiger partial charge on any atom is -0.344 e. The average Bonchev–Trinajstić information content (AvgIpc) is 2.53. The highest BCUT2D eigenvalue weighted by atomic mass is 79.9. The van der Waals surface area contributed by atoms with E-state index in [2.05, 4.69) is 21.2 Å². The fraction of sp³-hybridized carbons (Fsp3) is 0.500. The Morgan fingerprint density at radius 2 is 2.05 bits per heavy atom. The molecule has 1 aromatic carbocycles. The number of nitrogens with one attached hydrogen (secondary N) is 1. The predicted molar refractivity (Wildman–Crippen MR) is 85.6 cm³/mol. The van der Waals surface area contributed by atoms with Crippen molar-refractivity contribution in [2.24, 2.45) is 0 Å². The Hall–Kier alpha value is -1.36. The molecule has 5 heteroatoms. The predicted octanol–water partition coefficient (Wildman–Crippen LogP) is 2.85. The lowest BCUT2D eigenvalue weighted by atomic mass is 10.1. The van der Waals surface area contributed by atoms with Gasteiger partial charge in [-0.05, 0) is 25.0 Å². The van der Waals surface area contributed by atoms with Crippen LogP contribution >= 0.6 is 15.9 Å². The SMILES string of the molecule is CCCC1NC(=O)CC(C)N(Cc2ccccc2Br)C1=O. The van der Waals surface area contributed by atoms with E-state index >= 15 is 0 Å². The van der Waals surface area contributed by atoms with Crippen LogP contribution in [0.2, 0.25) is 0 Å². The van der Waals surface area contributed by atoms with Gasteiger partial charge in [0.1, 0.15) is 6.04 Å². The molecule has 0 spiro atoms. The maximum Gasteiger partial charge on any atom is 0.245 e. The number of carbonyl (C=O) groups is 2. The molecule has 1 N–H and O–H groups in total. The van der Waals surface area contributed by atoms with Gasteiger partial charge in [-0.3, -0.25) is 9.59 Å². The zero-order valence-electron chi connectivity index (χ0n) is 12.4. The van der Waals surface area contributed by atoms with Gasteiger partial charge in [-0.2, -0.15) is 0 Å². The van der Waals surface area contributed by atoms with E-state index in [1.54, 1.807) is 0 Å². The van der Waals surface area contributed by atoms with E-state index in [9.17, 15) is 9.59 Å². The summed E-state index contributed by atoms with van der Waals surface area (Å²) in [4.78, 5) is 26.4. The topological polar surface area (TPSA) is 49.4 Å². The Morgan fingerprint density at radius 1 is 1.33 bits per heavy atom.